The average molecular weight is 742 g/mol. The molecule has 0 aliphatic carbocycles. The number of fused-ring (bicyclic) bond motifs is 1. The Balaban J connectivity index is 1.24. The molecule has 1 aromatic carbocycles. The zero-order valence-electron chi connectivity index (χ0n) is 27.5. The molecule has 16 heteroatoms. The van der Waals surface area contributed by atoms with Crippen LogP contribution < -0.4 is 26.6 Å². The van der Waals surface area contributed by atoms with E-state index in [4.69, 9.17) is 5.26 Å². The standard InChI is InChI=1S/C34H33BrN10O5/c1-15-21-11-20(41-30(46)19(5)35)7-8-22(21)42-29(15)34(50)45-25-14-40-28(18(25)4)33(49)44-24-13-39-27(17(24)3)32(48)43-23-12-38-26(16(23)2)31(47)37-10-6-9-36/h7-8,11-14,38-40,42H,5-6,10H2,1-4H3,(H,37,47)(H,41,46)(H,43,48)(H,44,49)(H,45,50). The predicted molar refractivity (Wildman–Crippen MR) is 193 cm³/mol. The van der Waals surface area contributed by atoms with Crippen molar-refractivity contribution < 1.29 is 24.0 Å². The minimum atomic E-state index is -0.492. The molecule has 5 aromatic rings. The van der Waals surface area contributed by atoms with Gasteiger partial charge in [0, 0.05) is 58.4 Å². The number of aromatic amines is 4. The molecule has 0 spiro atoms. The van der Waals surface area contributed by atoms with Crippen LogP contribution in [0.3, 0.4) is 0 Å². The lowest BCUT2D eigenvalue weighted by Gasteiger charge is -2.07. The molecular formula is C34H33BrN10O5. The highest BCUT2D eigenvalue weighted by Gasteiger charge is 2.23. The molecule has 5 amide bonds. The van der Waals surface area contributed by atoms with Gasteiger partial charge in [-0.25, -0.2) is 0 Å². The van der Waals surface area contributed by atoms with Crippen molar-refractivity contribution in [3.8, 4) is 6.07 Å². The summed E-state index contributed by atoms with van der Waals surface area (Å²) >= 11 is 3.06. The van der Waals surface area contributed by atoms with Gasteiger partial charge in [-0.1, -0.05) is 6.58 Å². The van der Waals surface area contributed by atoms with Gasteiger partial charge in [0.1, 0.15) is 22.8 Å². The van der Waals surface area contributed by atoms with Gasteiger partial charge in [-0.15, -0.1) is 0 Å². The summed E-state index contributed by atoms with van der Waals surface area (Å²) < 4.78 is 0.186. The van der Waals surface area contributed by atoms with Gasteiger partial charge in [-0.2, -0.15) is 5.26 Å². The minimum Gasteiger partial charge on any atom is -0.355 e. The van der Waals surface area contributed by atoms with Gasteiger partial charge in [0.2, 0.25) is 0 Å². The third-order valence-electron chi connectivity index (χ3n) is 8.16. The number of carbonyl (C=O) groups is 5. The zero-order valence-corrected chi connectivity index (χ0v) is 29.0. The van der Waals surface area contributed by atoms with Crippen LogP contribution in [0.5, 0.6) is 0 Å². The fraction of sp³-hybridized carbons (Fsp3) is 0.176. The molecule has 4 heterocycles. The lowest BCUT2D eigenvalue weighted by molar-refractivity contribution is -0.112. The fourth-order valence-corrected chi connectivity index (χ4v) is 5.39. The minimum absolute atomic E-state index is 0.175. The Labute approximate surface area is 293 Å². The van der Waals surface area contributed by atoms with Gasteiger partial charge in [0.05, 0.1) is 34.0 Å². The number of nitriles is 1. The molecule has 256 valence electrons. The van der Waals surface area contributed by atoms with E-state index in [1.807, 2.05) is 6.07 Å². The Bertz CT molecular complexity index is 2250. The second kappa shape index (κ2) is 14.4. The van der Waals surface area contributed by atoms with Crippen LogP contribution >= 0.6 is 15.9 Å². The van der Waals surface area contributed by atoms with E-state index in [-0.39, 0.29) is 40.4 Å². The van der Waals surface area contributed by atoms with Crippen LogP contribution in [-0.4, -0.2) is 56.0 Å². The molecule has 50 heavy (non-hydrogen) atoms. The quantitative estimate of drug-likeness (QED) is 0.0614. The first-order valence-corrected chi connectivity index (χ1v) is 16.0. The molecule has 0 aliphatic heterocycles. The van der Waals surface area contributed by atoms with Gasteiger partial charge in [0.25, 0.3) is 29.5 Å². The van der Waals surface area contributed by atoms with Crippen molar-refractivity contribution >= 4 is 79.1 Å². The molecule has 0 bridgehead atoms. The third-order valence-corrected chi connectivity index (χ3v) is 8.52. The predicted octanol–water partition coefficient (Wildman–Crippen LogP) is 5.63. The number of nitrogens with one attached hydrogen (secondary N) is 9. The summed E-state index contributed by atoms with van der Waals surface area (Å²) in [6.45, 7) is 10.6. The molecule has 0 unspecified atom stereocenters. The van der Waals surface area contributed by atoms with Gasteiger partial charge >= 0.3 is 0 Å². The van der Waals surface area contributed by atoms with E-state index in [0.29, 0.717) is 56.2 Å². The average Bonchev–Trinajstić information content (AvgIpc) is 3.83. The number of halogens is 1. The number of carbonyl (C=O) groups excluding carboxylic acids is 5. The number of rotatable bonds is 11. The van der Waals surface area contributed by atoms with Crippen LogP contribution in [0.2, 0.25) is 0 Å². The van der Waals surface area contributed by atoms with Crippen molar-refractivity contribution in [2.45, 2.75) is 34.1 Å². The normalized spacial score (nSPS) is 10.7. The highest BCUT2D eigenvalue weighted by atomic mass is 79.9. The first-order valence-electron chi connectivity index (χ1n) is 15.2. The lowest BCUT2D eigenvalue weighted by atomic mass is 10.1. The third kappa shape index (κ3) is 7.08. The number of H-pyrrole nitrogens is 4. The molecule has 9 N–H and O–H groups in total. The Hall–Kier alpha value is -6.34. The number of hydrogen-bond acceptors (Lipinski definition) is 6. The largest absolute Gasteiger partial charge is 0.355 e. The Morgan fingerprint density at radius 1 is 0.720 bits per heavy atom. The van der Waals surface area contributed by atoms with Gasteiger partial charge in [-0.05, 0) is 67.4 Å². The number of aromatic nitrogens is 4. The van der Waals surface area contributed by atoms with Crippen molar-refractivity contribution in [3.63, 3.8) is 0 Å². The van der Waals surface area contributed by atoms with Crippen molar-refractivity contribution in [2.24, 2.45) is 0 Å². The number of anilines is 4. The van der Waals surface area contributed by atoms with Crippen molar-refractivity contribution in [3.05, 3.63) is 92.9 Å². The summed E-state index contributed by atoms with van der Waals surface area (Å²) in [5.74, 6) is -2.18. The summed E-state index contributed by atoms with van der Waals surface area (Å²) in [6.07, 6.45) is 4.68. The van der Waals surface area contributed by atoms with E-state index in [1.165, 1.54) is 18.6 Å². The maximum Gasteiger partial charge on any atom is 0.272 e. The van der Waals surface area contributed by atoms with Crippen molar-refractivity contribution in [2.75, 3.05) is 27.8 Å². The molecule has 0 fully saturated rings. The highest BCUT2D eigenvalue weighted by molar-refractivity contribution is 9.12. The SMILES string of the molecule is C=C(Br)C(=O)Nc1ccc2[nH]c(C(=O)Nc3c[nH]c(C(=O)Nc4c[nH]c(C(=O)Nc5c[nH]c(C(=O)NCCC#N)c5C)c4C)c3C)c(C)c2c1. The maximum absolute atomic E-state index is 13.3. The van der Waals surface area contributed by atoms with Crippen LogP contribution in [0.1, 0.15) is 70.6 Å². The van der Waals surface area contributed by atoms with E-state index in [9.17, 15) is 24.0 Å². The Morgan fingerprint density at radius 2 is 1.20 bits per heavy atom. The topological polar surface area (TPSA) is 232 Å². The van der Waals surface area contributed by atoms with Gasteiger partial charge in [-0.3, -0.25) is 24.0 Å². The number of amides is 5. The summed E-state index contributed by atoms with van der Waals surface area (Å²) in [6, 6.07) is 7.18. The number of aryl methyl sites for hydroxylation is 1. The van der Waals surface area contributed by atoms with E-state index in [2.05, 4.69) is 69.0 Å². The van der Waals surface area contributed by atoms with E-state index >= 15 is 0 Å². The number of benzene rings is 1. The molecule has 15 nitrogen and oxygen atoms in total. The summed E-state index contributed by atoms with van der Waals surface area (Å²) in [5, 5.41) is 23.2. The molecule has 0 saturated heterocycles. The van der Waals surface area contributed by atoms with E-state index in [0.717, 1.165) is 5.39 Å². The molecule has 4 aromatic heterocycles. The molecule has 0 aliphatic rings. The highest BCUT2D eigenvalue weighted by Crippen LogP contribution is 2.28. The summed E-state index contributed by atoms with van der Waals surface area (Å²) in [4.78, 5) is 75.8. The van der Waals surface area contributed by atoms with Gasteiger partial charge < -0.3 is 46.5 Å². The lowest BCUT2D eigenvalue weighted by Crippen LogP contribution is -2.25. The van der Waals surface area contributed by atoms with E-state index < -0.39 is 23.6 Å². The smallest absolute Gasteiger partial charge is 0.272 e. The summed E-state index contributed by atoms with van der Waals surface area (Å²) in [5.41, 5.74) is 5.56. The second-order valence-corrected chi connectivity index (χ2v) is 12.3. The monoisotopic (exact) mass is 740 g/mol. The second-order valence-electron chi connectivity index (χ2n) is 11.4. The van der Waals surface area contributed by atoms with E-state index in [1.54, 1.807) is 45.9 Å². The molecule has 0 saturated carbocycles. The van der Waals surface area contributed by atoms with Crippen LogP contribution in [0.4, 0.5) is 22.7 Å². The van der Waals surface area contributed by atoms with Crippen LogP contribution in [0.25, 0.3) is 10.9 Å². The molecular weight excluding hydrogens is 708 g/mol. The number of hydrogen-bond donors (Lipinski definition) is 9. The Kier molecular flexibility index (Phi) is 10.1. The van der Waals surface area contributed by atoms with Crippen molar-refractivity contribution in [1.29, 1.82) is 5.26 Å². The van der Waals surface area contributed by atoms with Gasteiger partial charge in [0.15, 0.2) is 0 Å². The van der Waals surface area contributed by atoms with Crippen molar-refractivity contribution in [1.82, 2.24) is 25.3 Å². The maximum atomic E-state index is 13.3. The van der Waals surface area contributed by atoms with Crippen LogP contribution in [-0.2, 0) is 4.79 Å². The molecule has 5 rings (SSSR count). The molecule has 0 atom stereocenters. The Morgan fingerprint density at radius 3 is 1.68 bits per heavy atom. The first kappa shape index (κ1) is 35.0. The zero-order chi connectivity index (χ0) is 36.3. The van der Waals surface area contributed by atoms with Crippen LogP contribution in [0.15, 0.2) is 47.9 Å². The van der Waals surface area contributed by atoms with Crippen LogP contribution in [0, 0.1) is 39.0 Å². The first-order chi connectivity index (χ1) is 23.8. The molecule has 0 radical (unpaired) electrons. The number of nitrogens with zero attached hydrogens (tertiary/aromatic N) is 1. The summed E-state index contributed by atoms with van der Waals surface area (Å²) in [7, 11) is 0. The fourth-order valence-electron chi connectivity index (χ4n) is 5.29.